The second-order valence-corrected chi connectivity index (χ2v) is 9.08. The first kappa shape index (κ1) is 21.0. The Morgan fingerprint density at radius 1 is 0.931 bits per heavy atom. The Morgan fingerprint density at radius 2 is 1.55 bits per heavy atom. The smallest absolute Gasteiger partial charge is 0.248 e. The van der Waals surface area contributed by atoms with E-state index in [1.54, 1.807) is 54.6 Å². The zero-order valence-electron chi connectivity index (χ0n) is 16.0. The molecule has 2 aromatic rings. The largest absolute Gasteiger partial charge is 0.366 e. The predicted octanol–water partition coefficient (Wildman–Crippen LogP) is 2.51. The lowest BCUT2D eigenvalue weighted by Gasteiger charge is -2.27. The third-order valence-electron chi connectivity index (χ3n) is 5.27. The fourth-order valence-corrected chi connectivity index (χ4v) is 4.64. The van der Waals surface area contributed by atoms with Crippen LogP contribution >= 0.6 is 0 Å². The highest BCUT2D eigenvalue weighted by atomic mass is 32.2. The second kappa shape index (κ2) is 9.19. The van der Waals surface area contributed by atoms with E-state index in [1.165, 1.54) is 0 Å². The van der Waals surface area contributed by atoms with Crippen molar-refractivity contribution < 1.29 is 18.0 Å². The summed E-state index contributed by atoms with van der Waals surface area (Å²) in [5.41, 5.74) is 6.22. The van der Waals surface area contributed by atoms with E-state index in [-0.39, 0.29) is 22.6 Å². The van der Waals surface area contributed by atoms with Gasteiger partial charge in [0.05, 0.1) is 4.90 Å². The lowest BCUT2D eigenvalue weighted by atomic mass is 9.81. The van der Waals surface area contributed by atoms with Crippen molar-refractivity contribution in [2.45, 2.75) is 30.6 Å². The van der Waals surface area contributed by atoms with Crippen LogP contribution in [-0.4, -0.2) is 26.8 Å². The van der Waals surface area contributed by atoms with E-state index in [4.69, 9.17) is 5.73 Å². The molecule has 0 aliphatic heterocycles. The van der Waals surface area contributed by atoms with Crippen molar-refractivity contribution >= 4 is 27.5 Å². The van der Waals surface area contributed by atoms with Gasteiger partial charge in [0, 0.05) is 23.7 Å². The van der Waals surface area contributed by atoms with Crippen LogP contribution in [0.15, 0.2) is 59.5 Å². The van der Waals surface area contributed by atoms with E-state index in [1.807, 2.05) is 0 Å². The molecule has 154 valence electrons. The Morgan fingerprint density at radius 3 is 2.14 bits per heavy atom. The highest BCUT2D eigenvalue weighted by Gasteiger charge is 2.27. The molecule has 29 heavy (non-hydrogen) atoms. The minimum absolute atomic E-state index is 0.0554. The van der Waals surface area contributed by atoms with Gasteiger partial charge in [0.15, 0.2) is 0 Å². The molecule has 1 aliphatic rings. The number of primary amides is 1. The van der Waals surface area contributed by atoms with E-state index >= 15 is 0 Å². The van der Waals surface area contributed by atoms with Crippen molar-refractivity contribution in [3.05, 3.63) is 60.2 Å². The molecule has 8 heteroatoms. The van der Waals surface area contributed by atoms with Crippen molar-refractivity contribution in [3.8, 4) is 0 Å². The van der Waals surface area contributed by atoms with E-state index in [0.717, 1.165) is 12.8 Å². The third-order valence-corrected chi connectivity index (χ3v) is 6.71. The summed E-state index contributed by atoms with van der Waals surface area (Å²) in [5, 5.41) is 2.87. The van der Waals surface area contributed by atoms with Crippen LogP contribution in [-0.2, 0) is 14.8 Å². The summed E-state index contributed by atoms with van der Waals surface area (Å²) in [5.74, 6) is -0.454. The maximum atomic E-state index is 12.5. The number of benzene rings is 2. The molecule has 4 N–H and O–H groups in total. The number of nitrogens with one attached hydrogen (secondary N) is 2. The van der Waals surface area contributed by atoms with Crippen molar-refractivity contribution in [1.82, 2.24) is 4.72 Å². The summed E-state index contributed by atoms with van der Waals surface area (Å²) >= 11 is 0. The number of sulfonamides is 1. The van der Waals surface area contributed by atoms with Gasteiger partial charge in [0.25, 0.3) is 0 Å². The molecule has 0 aromatic heterocycles. The Hall–Kier alpha value is -2.71. The van der Waals surface area contributed by atoms with Crippen LogP contribution in [0.5, 0.6) is 0 Å². The molecule has 2 amide bonds. The van der Waals surface area contributed by atoms with E-state index in [9.17, 15) is 18.0 Å². The summed E-state index contributed by atoms with van der Waals surface area (Å²) in [4.78, 5) is 23.8. The molecule has 0 heterocycles. The molecule has 1 saturated carbocycles. The molecular formula is C21H25N3O4S. The first-order chi connectivity index (χ1) is 13.8. The number of amides is 2. The maximum Gasteiger partial charge on any atom is 0.248 e. The molecule has 0 saturated heterocycles. The Balaban J connectivity index is 1.46. The number of carbonyl (C=O) groups excluding carboxylic acids is 2. The monoisotopic (exact) mass is 415 g/mol. The summed E-state index contributed by atoms with van der Waals surface area (Å²) in [6, 6.07) is 14.8. The second-order valence-electron chi connectivity index (χ2n) is 7.31. The van der Waals surface area contributed by atoms with Gasteiger partial charge in [-0.1, -0.05) is 18.2 Å². The van der Waals surface area contributed by atoms with Gasteiger partial charge in [0.1, 0.15) is 0 Å². The van der Waals surface area contributed by atoms with Gasteiger partial charge in [-0.3, -0.25) is 9.59 Å². The SMILES string of the molecule is NC(=O)c1ccc(NC(=O)C2CCC(CNS(=O)(=O)c3ccccc3)CC2)cc1. The quantitative estimate of drug-likeness (QED) is 0.644. The average Bonchev–Trinajstić information content (AvgIpc) is 2.73. The van der Waals surface area contributed by atoms with Crippen LogP contribution in [0.2, 0.25) is 0 Å². The number of hydrogen-bond acceptors (Lipinski definition) is 4. The standard InChI is InChI=1S/C21H25N3O4S/c22-20(25)16-10-12-18(13-11-16)24-21(26)17-8-6-15(7-9-17)14-23-29(27,28)19-4-2-1-3-5-19/h1-5,10-13,15,17,23H,6-9,14H2,(H2,22,25)(H,24,26). The Kier molecular flexibility index (Phi) is 6.66. The highest BCUT2D eigenvalue weighted by molar-refractivity contribution is 7.89. The molecule has 0 spiro atoms. The molecule has 0 unspecified atom stereocenters. The lowest BCUT2D eigenvalue weighted by molar-refractivity contribution is -0.121. The molecule has 0 bridgehead atoms. The van der Waals surface area contributed by atoms with Crippen LogP contribution in [0.1, 0.15) is 36.0 Å². The zero-order valence-corrected chi connectivity index (χ0v) is 16.8. The number of anilines is 1. The molecule has 1 aliphatic carbocycles. The van der Waals surface area contributed by atoms with E-state index in [0.29, 0.717) is 30.6 Å². The fourth-order valence-electron chi connectivity index (χ4n) is 3.50. The first-order valence-electron chi connectivity index (χ1n) is 9.60. The van der Waals surface area contributed by atoms with Crippen LogP contribution in [0, 0.1) is 11.8 Å². The van der Waals surface area contributed by atoms with Gasteiger partial charge in [-0.2, -0.15) is 0 Å². The van der Waals surface area contributed by atoms with E-state index in [2.05, 4.69) is 10.0 Å². The van der Waals surface area contributed by atoms with Gasteiger partial charge in [-0.05, 0) is 68.0 Å². The van der Waals surface area contributed by atoms with Gasteiger partial charge < -0.3 is 11.1 Å². The summed E-state index contributed by atoms with van der Waals surface area (Å²) in [7, 11) is -3.50. The number of rotatable bonds is 7. The molecule has 3 rings (SSSR count). The van der Waals surface area contributed by atoms with Crippen LogP contribution in [0.25, 0.3) is 0 Å². The number of hydrogen-bond donors (Lipinski definition) is 3. The molecule has 0 radical (unpaired) electrons. The first-order valence-corrected chi connectivity index (χ1v) is 11.1. The number of carbonyl (C=O) groups is 2. The summed E-state index contributed by atoms with van der Waals surface area (Å²) in [6.07, 6.45) is 3.00. The highest BCUT2D eigenvalue weighted by Crippen LogP contribution is 2.29. The Labute approximate surface area is 170 Å². The van der Waals surface area contributed by atoms with Gasteiger partial charge in [0.2, 0.25) is 21.8 Å². The predicted molar refractivity (Wildman–Crippen MR) is 111 cm³/mol. The van der Waals surface area contributed by atoms with Crippen LogP contribution in [0.3, 0.4) is 0 Å². The molecular weight excluding hydrogens is 390 g/mol. The summed E-state index contributed by atoms with van der Waals surface area (Å²) < 4.78 is 27.3. The van der Waals surface area contributed by atoms with Crippen molar-refractivity contribution in [3.63, 3.8) is 0 Å². The summed E-state index contributed by atoms with van der Waals surface area (Å²) in [6.45, 7) is 0.375. The van der Waals surface area contributed by atoms with E-state index < -0.39 is 15.9 Å². The van der Waals surface area contributed by atoms with Crippen molar-refractivity contribution in [2.75, 3.05) is 11.9 Å². The normalized spacial score (nSPS) is 19.4. The molecule has 2 aromatic carbocycles. The van der Waals surface area contributed by atoms with Crippen LogP contribution in [0.4, 0.5) is 5.69 Å². The van der Waals surface area contributed by atoms with Crippen molar-refractivity contribution in [1.29, 1.82) is 0 Å². The van der Waals surface area contributed by atoms with Gasteiger partial charge in [-0.25, -0.2) is 13.1 Å². The van der Waals surface area contributed by atoms with Gasteiger partial charge >= 0.3 is 0 Å². The van der Waals surface area contributed by atoms with Crippen LogP contribution < -0.4 is 15.8 Å². The fraction of sp³-hybridized carbons (Fsp3) is 0.333. The minimum atomic E-state index is -3.50. The zero-order chi connectivity index (χ0) is 20.9. The topological polar surface area (TPSA) is 118 Å². The molecule has 7 nitrogen and oxygen atoms in total. The van der Waals surface area contributed by atoms with Crippen molar-refractivity contribution in [2.24, 2.45) is 17.6 Å². The molecule has 1 fully saturated rings. The minimum Gasteiger partial charge on any atom is -0.366 e. The van der Waals surface area contributed by atoms with Gasteiger partial charge in [-0.15, -0.1) is 0 Å². The number of nitrogens with two attached hydrogens (primary N) is 1. The molecule has 0 atom stereocenters. The average molecular weight is 416 g/mol. The third kappa shape index (κ3) is 5.65. The Bertz CT molecular complexity index is 951. The lowest BCUT2D eigenvalue weighted by Crippen LogP contribution is -2.33. The maximum absolute atomic E-state index is 12.5.